The maximum Gasteiger partial charge on any atom is 0.253 e. The normalized spacial score (nSPS) is 19.7. The highest BCUT2D eigenvalue weighted by atomic mass is 35.5. The van der Waals surface area contributed by atoms with E-state index in [0.29, 0.717) is 24.2 Å². The number of halogens is 1. The van der Waals surface area contributed by atoms with Crippen LogP contribution in [0.4, 0.5) is 5.69 Å². The van der Waals surface area contributed by atoms with E-state index < -0.39 is 6.10 Å². The lowest BCUT2D eigenvalue weighted by Gasteiger charge is -2.15. The number of hydrogen-bond donors (Lipinski definition) is 3. The van der Waals surface area contributed by atoms with E-state index in [1.165, 1.54) is 0 Å². The topological polar surface area (TPSA) is 93.5 Å². The Labute approximate surface area is 148 Å². The molecule has 2 amide bonds. The molecule has 0 aromatic heterocycles. The van der Waals surface area contributed by atoms with E-state index in [4.69, 9.17) is 10.5 Å². The molecule has 24 heavy (non-hydrogen) atoms. The first-order valence-electron chi connectivity index (χ1n) is 7.98. The number of amides is 2. The summed E-state index contributed by atoms with van der Waals surface area (Å²) in [5, 5.41) is 5.68. The highest BCUT2D eigenvalue weighted by molar-refractivity contribution is 5.99. The Balaban J connectivity index is 0.00000288. The lowest BCUT2D eigenvalue weighted by Crippen LogP contribution is -2.31. The van der Waals surface area contributed by atoms with Gasteiger partial charge in [0.2, 0.25) is 0 Å². The molecule has 0 radical (unpaired) electrons. The van der Waals surface area contributed by atoms with Crippen LogP contribution in [-0.2, 0) is 9.53 Å². The number of benzene rings is 1. The molecule has 1 aliphatic rings. The first-order chi connectivity index (χ1) is 10.9. The van der Waals surface area contributed by atoms with Crippen molar-refractivity contribution < 1.29 is 14.3 Å². The fraction of sp³-hybridized carbons (Fsp3) is 0.529. The Morgan fingerprint density at radius 2 is 2.04 bits per heavy atom. The summed E-state index contributed by atoms with van der Waals surface area (Å²) in [5.74, 6) is -0.339. The Hall–Kier alpha value is -1.63. The van der Waals surface area contributed by atoms with Gasteiger partial charge in [-0.15, -0.1) is 12.4 Å². The summed E-state index contributed by atoms with van der Waals surface area (Å²) in [4.78, 5) is 24.4. The maximum absolute atomic E-state index is 12.2. The van der Waals surface area contributed by atoms with Crippen LogP contribution < -0.4 is 16.4 Å². The molecule has 0 spiro atoms. The fourth-order valence-corrected chi connectivity index (χ4v) is 2.58. The molecule has 1 fully saturated rings. The highest BCUT2D eigenvalue weighted by Gasteiger charge is 2.29. The summed E-state index contributed by atoms with van der Waals surface area (Å²) < 4.78 is 5.58. The average Bonchev–Trinajstić information content (AvgIpc) is 2.97. The number of anilines is 1. The number of nitrogens with two attached hydrogens (primary N) is 1. The molecule has 1 heterocycles. The van der Waals surface area contributed by atoms with Crippen molar-refractivity contribution in [2.45, 2.75) is 51.9 Å². The third-order valence-corrected chi connectivity index (χ3v) is 3.83. The van der Waals surface area contributed by atoms with Gasteiger partial charge < -0.3 is 21.1 Å². The summed E-state index contributed by atoms with van der Waals surface area (Å²) in [6.07, 6.45) is 0.944. The van der Waals surface area contributed by atoms with Gasteiger partial charge in [0.25, 0.3) is 11.8 Å². The van der Waals surface area contributed by atoms with Gasteiger partial charge in [0.05, 0.1) is 6.10 Å². The third-order valence-electron chi connectivity index (χ3n) is 3.83. The van der Waals surface area contributed by atoms with Crippen molar-refractivity contribution >= 4 is 29.9 Å². The standard InChI is InChI=1S/C17H25N3O3.ClH/c1-10(2)19-16(21)14-8-12(5-4-11(14)3)20-17(22)15-7-6-13(9-18)23-15;/h4-5,8,10,13,15H,6-7,9,18H2,1-3H3,(H,19,21)(H,20,22);1H/t13-,15+;/m1./s1. The molecule has 6 nitrogen and oxygen atoms in total. The van der Waals surface area contributed by atoms with Crippen LogP contribution in [0.2, 0.25) is 0 Å². The molecular weight excluding hydrogens is 330 g/mol. The van der Waals surface area contributed by atoms with Crippen molar-refractivity contribution in [1.29, 1.82) is 0 Å². The lowest BCUT2D eigenvalue weighted by atomic mass is 10.1. The van der Waals surface area contributed by atoms with Crippen molar-refractivity contribution in [2.75, 3.05) is 11.9 Å². The van der Waals surface area contributed by atoms with Crippen molar-refractivity contribution in [3.8, 4) is 0 Å². The van der Waals surface area contributed by atoms with Crippen LogP contribution in [0.1, 0.15) is 42.6 Å². The minimum Gasteiger partial charge on any atom is -0.364 e. The fourth-order valence-electron chi connectivity index (χ4n) is 2.58. The summed E-state index contributed by atoms with van der Waals surface area (Å²) >= 11 is 0. The van der Waals surface area contributed by atoms with Gasteiger partial charge in [-0.2, -0.15) is 0 Å². The second-order valence-corrected chi connectivity index (χ2v) is 6.21. The second kappa shape index (κ2) is 9.01. The van der Waals surface area contributed by atoms with Gasteiger partial charge in [-0.1, -0.05) is 6.07 Å². The van der Waals surface area contributed by atoms with E-state index in [1.807, 2.05) is 26.8 Å². The number of hydrogen-bond acceptors (Lipinski definition) is 4. The van der Waals surface area contributed by atoms with E-state index in [2.05, 4.69) is 10.6 Å². The largest absolute Gasteiger partial charge is 0.364 e. The second-order valence-electron chi connectivity index (χ2n) is 6.21. The van der Waals surface area contributed by atoms with Crippen molar-refractivity contribution in [2.24, 2.45) is 5.73 Å². The number of nitrogens with one attached hydrogen (secondary N) is 2. The van der Waals surface area contributed by atoms with Gasteiger partial charge in [0.1, 0.15) is 6.10 Å². The first kappa shape index (κ1) is 20.4. The van der Waals surface area contributed by atoms with E-state index in [-0.39, 0.29) is 36.4 Å². The molecule has 1 aliphatic heterocycles. The van der Waals surface area contributed by atoms with Crippen LogP contribution in [-0.4, -0.2) is 36.6 Å². The molecule has 1 saturated heterocycles. The molecule has 1 aromatic carbocycles. The molecule has 0 bridgehead atoms. The molecule has 4 N–H and O–H groups in total. The Bertz CT molecular complexity index is 592. The number of aryl methyl sites for hydroxylation is 1. The molecule has 0 saturated carbocycles. The predicted octanol–water partition coefficient (Wildman–Crippen LogP) is 2.00. The van der Waals surface area contributed by atoms with E-state index >= 15 is 0 Å². The van der Waals surface area contributed by atoms with Crippen LogP contribution in [0.25, 0.3) is 0 Å². The molecule has 1 aromatic rings. The van der Waals surface area contributed by atoms with Gasteiger partial charge in [0, 0.05) is 23.8 Å². The SMILES string of the molecule is Cc1ccc(NC(=O)[C@@H]2CC[C@H](CN)O2)cc1C(=O)NC(C)C.Cl. The maximum atomic E-state index is 12.2. The zero-order valence-electron chi connectivity index (χ0n) is 14.3. The molecular formula is C17H26ClN3O3. The minimum atomic E-state index is -0.474. The Kier molecular flexibility index (Phi) is 7.66. The third kappa shape index (κ3) is 5.19. The van der Waals surface area contributed by atoms with Gasteiger partial charge in [-0.3, -0.25) is 9.59 Å². The van der Waals surface area contributed by atoms with Gasteiger partial charge in [0.15, 0.2) is 0 Å². The molecule has 134 valence electrons. The zero-order valence-corrected chi connectivity index (χ0v) is 15.1. The van der Waals surface area contributed by atoms with Crippen molar-refractivity contribution in [3.05, 3.63) is 29.3 Å². The quantitative estimate of drug-likeness (QED) is 0.753. The summed E-state index contributed by atoms with van der Waals surface area (Å²) in [5.41, 5.74) is 7.57. The van der Waals surface area contributed by atoms with Gasteiger partial charge >= 0.3 is 0 Å². The van der Waals surface area contributed by atoms with Crippen molar-refractivity contribution in [1.82, 2.24) is 5.32 Å². The van der Waals surface area contributed by atoms with E-state index in [9.17, 15) is 9.59 Å². The first-order valence-corrected chi connectivity index (χ1v) is 7.98. The number of rotatable bonds is 5. The molecule has 7 heteroatoms. The molecule has 0 unspecified atom stereocenters. The highest BCUT2D eigenvalue weighted by Crippen LogP contribution is 2.21. The number of carbonyl (C=O) groups is 2. The van der Waals surface area contributed by atoms with Crippen LogP contribution in [0.5, 0.6) is 0 Å². The van der Waals surface area contributed by atoms with Gasteiger partial charge in [-0.25, -0.2) is 0 Å². The average molecular weight is 356 g/mol. The minimum absolute atomic E-state index is 0. The van der Waals surface area contributed by atoms with Crippen LogP contribution in [0, 0.1) is 6.92 Å². The van der Waals surface area contributed by atoms with Crippen LogP contribution in [0.3, 0.4) is 0 Å². The Morgan fingerprint density at radius 3 is 2.62 bits per heavy atom. The van der Waals surface area contributed by atoms with E-state index in [1.54, 1.807) is 12.1 Å². The lowest BCUT2D eigenvalue weighted by molar-refractivity contribution is -0.126. The van der Waals surface area contributed by atoms with Crippen molar-refractivity contribution in [3.63, 3.8) is 0 Å². The summed E-state index contributed by atoms with van der Waals surface area (Å²) in [6.45, 7) is 6.11. The number of ether oxygens (including phenoxy) is 1. The summed E-state index contributed by atoms with van der Waals surface area (Å²) in [6, 6.07) is 5.36. The monoisotopic (exact) mass is 355 g/mol. The number of carbonyl (C=O) groups excluding carboxylic acids is 2. The summed E-state index contributed by atoms with van der Waals surface area (Å²) in [7, 11) is 0. The smallest absolute Gasteiger partial charge is 0.253 e. The zero-order chi connectivity index (χ0) is 17.0. The van der Waals surface area contributed by atoms with Crippen LogP contribution in [0.15, 0.2) is 18.2 Å². The Morgan fingerprint density at radius 1 is 1.33 bits per heavy atom. The molecule has 2 atom stereocenters. The molecule has 0 aliphatic carbocycles. The van der Waals surface area contributed by atoms with E-state index in [0.717, 1.165) is 12.0 Å². The van der Waals surface area contributed by atoms with Crippen LogP contribution >= 0.6 is 12.4 Å². The molecule has 2 rings (SSSR count). The predicted molar refractivity (Wildman–Crippen MR) is 96.6 cm³/mol. The van der Waals surface area contributed by atoms with Gasteiger partial charge in [-0.05, 0) is 51.3 Å².